The van der Waals surface area contributed by atoms with E-state index in [-0.39, 0.29) is 24.4 Å². The monoisotopic (exact) mass is 407 g/mol. The zero-order chi connectivity index (χ0) is 20.7. The zero-order valence-electron chi connectivity index (χ0n) is 15.9. The number of anilines is 1. The van der Waals surface area contributed by atoms with Crippen LogP contribution in [0.1, 0.15) is 17.5 Å². The van der Waals surface area contributed by atoms with Crippen LogP contribution in [0.15, 0.2) is 54.6 Å². The Labute approximate surface area is 167 Å². The lowest BCUT2D eigenvalue weighted by Crippen LogP contribution is -2.53. The van der Waals surface area contributed by atoms with E-state index in [1.807, 2.05) is 30.3 Å². The molecule has 2 aromatic carbocycles. The fourth-order valence-electron chi connectivity index (χ4n) is 3.26. The van der Waals surface area contributed by atoms with Gasteiger partial charge in [-0.05, 0) is 24.1 Å². The number of amides is 1. The van der Waals surface area contributed by atoms with Crippen molar-refractivity contribution < 1.29 is 22.7 Å². The van der Waals surface area contributed by atoms with E-state index < -0.39 is 11.7 Å². The molecule has 1 atom stereocenters. The van der Waals surface area contributed by atoms with Crippen LogP contribution in [0.5, 0.6) is 0 Å². The number of nitrogens with one attached hydrogen (secondary N) is 2. The maximum atomic E-state index is 13.1. The van der Waals surface area contributed by atoms with Crippen LogP contribution < -0.4 is 10.6 Å². The Morgan fingerprint density at radius 1 is 1.14 bits per heavy atom. The van der Waals surface area contributed by atoms with Crippen molar-refractivity contribution >= 4 is 11.8 Å². The van der Waals surface area contributed by atoms with Crippen LogP contribution in [0.4, 0.5) is 23.7 Å². The lowest BCUT2D eigenvalue weighted by atomic mass is 10.1. The Kier molecular flexibility index (Phi) is 6.98. The van der Waals surface area contributed by atoms with Crippen LogP contribution in [0.2, 0.25) is 0 Å². The Hall–Kier alpha value is -2.74. The number of rotatable bonds is 6. The summed E-state index contributed by atoms with van der Waals surface area (Å²) in [7, 11) is 0. The molecule has 1 saturated heterocycles. The minimum Gasteiger partial charge on any atom is -0.445 e. The van der Waals surface area contributed by atoms with Crippen LogP contribution in [0, 0.1) is 0 Å². The molecule has 29 heavy (non-hydrogen) atoms. The van der Waals surface area contributed by atoms with E-state index in [0.29, 0.717) is 32.6 Å². The molecular weight excluding hydrogens is 383 g/mol. The highest BCUT2D eigenvalue weighted by atomic mass is 19.4. The Morgan fingerprint density at radius 3 is 2.62 bits per heavy atom. The summed E-state index contributed by atoms with van der Waals surface area (Å²) >= 11 is 0. The molecule has 1 aliphatic heterocycles. The van der Waals surface area contributed by atoms with E-state index in [0.717, 1.165) is 11.6 Å². The third kappa shape index (κ3) is 6.12. The summed E-state index contributed by atoms with van der Waals surface area (Å²) in [6.45, 7) is 2.18. The molecule has 2 aromatic rings. The smallest absolute Gasteiger partial charge is 0.418 e. The molecule has 1 fully saturated rings. The van der Waals surface area contributed by atoms with Gasteiger partial charge in [0.15, 0.2) is 0 Å². The van der Waals surface area contributed by atoms with Crippen LogP contribution >= 0.6 is 0 Å². The predicted molar refractivity (Wildman–Crippen MR) is 105 cm³/mol. The molecule has 0 aromatic heterocycles. The van der Waals surface area contributed by atoms with Gasteiger partial charge in [0.05, 0.1) is 5.56 Å². The second-order valence-corrected chi connectivity index (χ2v) is 6.90. The average molecular weight is 407 g/mol. The molecule has 5 nitrogen and oxygen atoms in total. The minimum absolute atomic E-state index is 0.0152. The largest absolute Gasteiger partial charge is 0.445 e. The van der Waals surface area contributed by atoms with Gasteiger partial charge in [-0.15, -0.1) is 0 Å². The fraction of sp³-hybridized carbons (Fsp3) is 0.381. The number of para-hydroxylation sites is 1. The molecule has 0 bridgehead atoms. The Bertz CT molecular complexity index is 799. The molecule has 3 rings (SSSR count). The number of benzene rings is 2. The molecule has 0 unspecified atom stereocenters. The maximum absolute atomic E-state index is 13.1. The van der Waals surface area contributed by atoms with Crippen molar-refractivity contribution in [2.75, 3.05) is 31.5 Å². The number of halogens is 3. The van der Waals surface area contributed by atoms with Gasteiger partial charge in [0.2, 0.25) is 0 Å². The first-order valence-electron chi connectivity index (χ1n) is 9.52. The normalized spacial score (nSPS) is 17.1. The molecule has 0 spiro atoms. The highest BCUT2D eigenvalue weighted by Gasteiger charge is 2.33. The zero-order valence-corrected chi connectivity index (χ0v) is 15.9. The van der Waals surface area contributed by atoms with Crippen LogP contribution in [-0.2, 0) is 17.5 Å². The van der Waals surface area contributed by atoms with E-state index in [2.05, 4.69) is 10.6 Å². The van der Waals surface area contributed by atoms with Crippen molar-refractivity contribution in [3.63, 3.8) is 0 Å². The van der Waals surface area contributed by atoms with Gasteiger partial charge >= 0.3 is 12.3 Å². The summed E-state index contributed by atoms with van der Waals surface area (Å²) in [5.41, 5.74) is 0.303. The average Bonchev–Trinajstić information content (AvgIpc) is 2.72. The predicted octanol–water partition coefficient (Wildman–Crippen LogP) is 4.12. The van der Waals surface area contributed by atoms with Gasteiger partial charge < -0.3 is 20.3 Å². The molecule has 2 N–H and O–H groups in total. The standard InChI is InChI=1S/C21H24F3N3O2/c22-21(23,24)18-8-4-5-9-19(18)26-11-10-17-14-27(13-12-25-17)20(28)29-15-16-6-2-1-3-7-16/h1-9,17,25-26H,10-15H2/t17-/m1/s1. The molecule has 1 heterocycles. The molecule has 0 radical (unpaired) electrons. The van der Waals surface area contributed by atoms with E-state index in [1.165, 1.54) is 12.1 Å². The van der Waals surface area contributed by atoms with Gasteiger partial charge in [-0.1, -0.05) is 42.5 Å². The van der Waals surface area contributed by atoms with Gasteiger partial charge in [-0.25, -0.2) is 4.79 Å². The van der Waals surface area contributed by atoms with E-state index in [9.17, 15) is 18.0 Å². The Morgan fingerprint density at radius 2 is 1.86 bits per heavy atom. The fourth-order valence-corrected chi connectivity index (χ4v) is 3.26. The van der Waals surface area contributed by atoms with Gasteiger partial charge in [-0.2, -0.15) is 13.2 Å². The molecule has 1 aliphatic rings. The summed E-state index contributed by atoms with van der Waals surface area (Å²) in [5.74, 6) is 0. The van der Waals surface area contributed by atoms with Gasteiger partial charge in [0, 0.05) is 37.9 Å². The summed E-state index contributed by atoms with van der Waals surface area (Å²) in [6, 6.07) is 14.8. The maximum Gasteiger partial charge on any atom is 0.418 e. The number of hydrogen-bond acceptors (Lipinski definition) is 4. The molecule has 0 saturated carbocycles. The third-order valence-corrected chi connectivity index (χ3v) is 4.76. The van der Waals surface area contributed by atoms with Crippen molar-refractivity contribution in [2.24, 2.45) is 0 Å². The SMILES string of the molecule is O=C(OCc1ccccc1)N1CCN[C@H](CCNc2ccccc2C(F)(F)F)C1. The summed E-state index contributed by atoms with van der Waals surface area (Å²) in [5, 5.41) is 6.16. The van der Waals surface area contributed by atoms with Crippen molar-refractivity contribution in [1.82, 2.24) is 10.2 Å². The molecule has 1 amide bonds. The van der Waals surface area contributed by atoms with Crippen molar-refractivity contribution in [1.29, 1.82) is 0 Å². The number of carbonyl (C=O) groups is 1. The molecular formula is C21H24F3N3O2. The number of alkyl halides is 3. The first kappa shape index (κ1) is 21.0. The summed E-state index contributed by atoms with van der Waals surface area (Å²) in [4.78, 5) is 13.9. The van der Waals surface area contributed by atoms with E-state index >= 15 is 0 Å². The third-order valence-electron chi connectivity index (χ3n) is 4.76. The van der Waals surface area contributed by atoms with Crippen LogP contribution in [-0.4, -0.2) is 43.2 Å². The number of ether oxygens (including phenoxy) is 1. The lowest BCUT2D eigenvalue weighted by Gasteiger charge is -2.33. The number of piperazine rings is 1. The summed E-state index contributed by atoms with van der Waals surface area (Å²) in [6.07, 6.45) is -4.20. The van der Waals surface area contributed by atoms with Crippen molar-refractivity contribution in [2.45, 2.75) is 25.2 Å². The van der Waals surface area contributed by atoms with E-state index in [4.69, 9.17) is 4.74 Å². The number of nitrogens with zero attached hydrogens (tertiary/aromatic N) is 1. The van der Waals surface area contributed by atoms with E-state index in [1.54, 1.807) is 11.0 Å². The molecule has 8 heteroatoms. The second-order valence-electron chi connectivity index (χ2n) is 6.90. The number of carbonyl (C=O) groups excluding carboxylic acids is 1. The first-order chi connectivity index (χ1) is 13.9. The van der Waals surface area contributed by atoms with Gasteiger partial charge in [0.25, 0.3) is 0 Å². The van der Waals surface area contributed by atoms with Crippen molar-refractivity contribution in [3.05, 3.63) is 65.7 Å². The van der Waals surface area contributed by atoms with Crippen LogP contribution in [0.25, 0.3) is 0 Å². The van der Waals surface area contributed by atoms with Crippen LogP contribution in [0.3, 0.4) is 0 Å². The van der Waals surface area contributed by atoms with Crippen molar-refractivity contribution in [3.8, 4) is 0 Å². The first-order valence-corrected chi connectivity index (χ1v) is 9.52. The highest BCUT2D eigenvalue weighted by molar-refractivity contribution is 5.67. The molecule has 0 aliphatic carbocycles. The highest BCUT2D eigenvalue weighted by Crippen LogP contribution is 2.34. The number of hydrogen-bond donors (Lipinski definition) is 2. The lowest BCUT2D eigenvalue weighted by molar-refractivity contribution is -0.136. The second kappa shape index (κ2) is 9.65. The summed E-state index contributed by atoms with van der Waals surface area (Å²) < 4.78 is 44.5. The van der Waals surface area contributed by atoms with Gasteiger partial charge in [0.1, 0.15) is 6.61 Å². The topological polar surface area (TPSA) is 53.6 Å². The van der Waals surface area contributed by atoms with Gasteiger partial charge in [-0.3, -0.25) is 0 Å². The Balaban J connectivity index is 1.46. The molecule has 156 valence electrons. The quantitative estimate of drug-likeness (QED) is 0.757. The minimum atomic E-state index is -4.40.